The van der Waals surface area contributed by atoms with E-state index in [-0.39, 0.29) is 0 Å². The first-order valence-corrected chi connectivity index (χ1v) is 15.7. The van der Waals surface area contributed by atoms with E-state index in [4.69, 9.17) is 0 Å². The Labute approximate surface area is 261 Å². The highest BCUT2D eigenvalue weighted by Gasteiger charge is 2.22. The quantitative estimate of drug-likeness (QED) is 0.199. The van der Waals surface area contributed by atoms with Gasteiger partial charge in [-0.2, -0.15) is 0 Å². The molecule has 0 unspecified atom stereocenters. The maximum absolute atomic E-state index is 2.45. The van der Waals surface area contributed by atoms with Crippen molar-refractivity contribution >= 4 is 43.6 Å². The summed E-state index contributed by atoms with van der Waals surface area (Å²) in [6.45, 7) is 0. The number of para-hydroxylation sites is 3. The van der Waals surface area contributed by atoms with Crippen molar-refractivity contribution in [2.75, 3.05) is 0 Å². The van der Waals surface area contributed by atoms with Crippen molar-refractivity contribution in [1.82, 2.24) is 9.13 Å². The molecule has 0 saturated carbocycles. The lowest BCUT2D eigenvalue weighted by molar-refractivity contribution is 1.15. The molecule has 0 aliphatic heterocycles. The highest BCUT2D eigenvalue weighted by Crippen LogP contribution is 2.42. The van der Waals surface area contributed by atoms with Crippen molar-refractivity contribution in [3.63, 3.8) is 0 Å². The van der Waals surface area contributed by atoms with Gasteiger partial charge in [-0.05, 0) is 82.3 Å². The van der Waals surface area contributed by atoms with Crippen LogP contribution in [0.5, 0.6) is 0 Å². The minimum atomic E-state index is 0.976. The molecule has 0 bridgehead atoms. The summed E-state index contributed by atoms with van der Waals surface area (Å²) in [6.07, 6.45) is 0.976. The zero-order valence-corrected chi connectivity index (χ0v) is 24.6. The molecule has 0 spiro atoms. The summed E-state index contributed by atoms with van der Waals surface area (Å²) < 4.78 is 4.86. The number of rotatable bonds is 3. The van der Waals surface area contributed by atoms with Crippen LogP contribution in [0.2, 0.25) is 0 Å². The van der Waals surface area contributed by atoms with E-state index in [0.29, 0.717) is 0 Å². The van der Waals surface area contributed by atoms with Crippen LogP contribution < -0.4 is 0 Å². The zero-order valence-electron chi connectivity index (χ0n) is 24.6. The van der Waals surface area contributed by atoms with Gasteiger partial charge in [0.25, 0.3) is 0 Å². The van der Waals surface area contributed by atoms with E-state index in [0.717, 1.165) is 6.42 Å². The molecule has 9 aromatic rings. The van der Waals surface area contributed by atoms with Crippen LogP contribution in [-0.2, 0) is 6.42 Å². The van der Waals surface area contributed by atoms with Crippen LogP contribution in [0.3, 0.4) is 0 Å². The Morgan fingerprint density at radius 3 is 1.62 bits per heavy atom. The van der Waals surface area contributed by atoms with Crippen LogP contribution in [-0.4, -0.2) is 9.13 Å². The van der Waals surface area contributed by atoms with E-state index in [1.165, 1.54) is 88.4 Å². The maximum atomic E-state index is 2.45. The molecule has 10 rings (SSSR count). The minimum absolute atomic E-state index is 0.976. The second kappa shape index (κ2) is 9.32. The fourth-order valence-corrected chi connectivity index (χ4v) is 7.82. The van der Waals surface area contributed by atoms with Gasteiger partial charge in [0.1, 0.15) is 0 Å². The number of nitrogens with zero attached hydrogens (tertiary/aromatic N) is 2. The average Bonchev–Trinajstić information content (AvgIpc) is 3.76. The number of hydrogen-bond acceptors (Lipinski definition) is 0. The summed E-state index contributed by atoms with van der Waals surface area (Å²) in [7, 11) is 0. The molecule has 2 nitrogen and oxygen atoms in total. The Balaban J connectivity index is 1.20. The SMILES string of the molecule is c1cc(-c2cccc3c2Cc2ccccc2-3)cc(-n2c3ccccc3c3ccc(-n4c5ccccc5c5ccccc54)cc32)c1. The molecular formula is C43H28N2. The first kappa shape index (κ1) is 24.6. The van der Waals surface area contributed by atoms with Crippen molar-refractivity contribution in [2.45, 2.75) is 6.42 Å². The lowest BCUT2D eigenvalue weighted by Crippen LogP contribution is -1.97. The van der Waals surface area contributed by atoms with Gasteiger partial charge in [-0.1, -0.05) is 115 Å². The normalized spacial score (nSPS) is 12.4. The second-order valence-corrected chi connectivity index (χ2v) is 12.1. The molecule has 0 atom stereocenters. The van der Waals surface area contributed by atoms with Crippen molar-refractivity contribution in [3.8, 4) is 33.6 Å². The number of aromatic nitrogens is 2. The first-order chi connectivity index (χ1) is 22.3. The number of hydrogen-bond donors (Lipinski definition) is 0. The van der Waals surface area contributed by atoms with Crippen LogP contribution in [0.15, 0.2) is 158 Å². The van der Waals surface area contributed by atoms with Gasteiger partial charge < -0.3 is 9.13 Å². The van der Waals surface area contributed by atoms with E-state index >= 15 is 0 Å². The van der Waals surface area contributed by atoms with Crippen molar-refractivity contribution in [2.24, 2.45) is 0 Å². The molecule has 45 heavy (non-hydrogen) atoms. The van der Waals surface area contributed by atoms with Crippen molar-refractivity contribution < 1.29 is 0 Å². The standard InChI is InChI=1S/C43H28N2/c1-2-14-32-29(11-1)26-39-33(18-10-19-34(32)39)28-12-9-13-30(25-28)45-42-22-8-5-17-37(42)38-24-23-31(27-43(38)45)44-40-20-6-3-15-35(40)36-16-4-7-21-41(36)44/h1-25,27H,26H2. The van der Waals surface area contributed by atoms with E-state index in [9.17, 15) is 0 Å². The molecule has 2 heteroatoms. The predicted octanol–water partition coefficient (Wildman–Crippen LogP) is 11.1. The summed E-state index contributed by atoms with van der Waals surface area (Å²) >= 11 is 0. The number of fused-ring (bicyclic) bond motifs is 9. The number of benzene rings is 7. The lowest BCUT2D eigenvalue weighted by atomic mass is 9.95. The van der Waals surface area contributed by atoms with Crippen LogP contribution in [0, 0.1) is 0 Å². The highest BCUT2D eigenvalue weighted by molar-refractivity contribution is 6.12. The van der Waals surface area contributed by atoms with E-state index < -0.39 is 0 Å². The molecule has 0 fully saturated rings. The molecule has 2 heterocycles. The molecule has 1 aliphatic rings. The van der Waals surface area contributed by atoms with Crippen LogP contribution in [0.1, 0.15) is 11.1 Å². The average molecular weight is 573 g/mol. The summed E-state index contributed by atoms with van der Waals surface area (Å²) in [5, 5.41) is 5.08. The monoisotopic (exact) mass is 572 g/mol. The van der Waals surface area contributed by atoms with Gasteiger partial charge in [0.2, 0.25) is 0 Å². The second-order valence-electron chi connectivity index (χ2n) is 12.1. The van der Waals surface area contributed by atoms with Gasteiger partial charge in [0.05, 0.1) is 22.1 Å². The molecule has 7 aromatic carbocycles. The Kier molecular flexibility index (Phi) is 5.09. The van der Waals surface area contributed by atoms with Crippen LogP contribution in [0.25, 0.3) is 77.2 Å². The van der Waals surface area contributed by atoms with Crippen LogP contribution >= 0.6 is 0 Å². The zero-order chi connectivity index (χ0) is 29.5. The third kappa shape index (κ3) is 3.51. The Bertz CT molecular complexity index is 2580. The molecule has 0 saturated heterocycles. The smallest absolute Gasteiger partial charge is 0.0561 e. The van der Waals surface area contributed by atoms with Crippen molar-refractivity contribution in [3.05, 3.63) is 169 Å². The largest absolute Gasteiger partial charge is 0.309 e. The summed E-state index contributed by atoms with van der Waals surface area (Å²) in [5.74, 6) is 0. The molecule has 210 valence electrons. The summed E-state index contributed by atoms with van der Waals surface area (Å²) in [4.78, 5) is 0. The fourth-order valence-electron chi connectivity index (χ4n) is 7.82. The van der Waals surface area contributed by atoms with Gasteiger partial charge >= 0.3 is 0 Å². The first-order valence-electron chi connectivity index (χ1n) is 15.7. The summed E-state index contributed by atoms with van der Waals surface area (Å²) in [5.41, 5.74) is 15.3. The topological polar surface area (TPSA) is 9.86 Å². The molecular weight excluding hydrogens is 544 g/mol. The lowest BCUT2D eigenvalue weighted by Gasteiger charge is -2.14. The molecule has 0 radical (unpaired) electrons. The van der Waals surface area contributed by atoms with Gasteiger partial charge in [-0.15, -0.1) is 0 Å². The van der Waals surface area contributed by atoms with Gasteiger partial charge in [0.15, 0.2) is 0 Å². The predicted molar refractivity (Wildman–Crippen MR) is 189 cm³/mol. The summed E-state index contributed by atoms with van der Waals surface area (Å²) in [6, 6.07) is 57.9. The van der Waals surface area contributed by atoms with E-state index in [2.05, 4.69) is 167 Å². The molecule has 2 aromatic heterocycles. The fraction of sp³-hybridized carbons (Fsp3) is 0.0233. The van der Waals surface area contributed by atoms with Crippen LogP contribution in [0.4, 0.5) is 0 Å². The molecule has 1 aliphatic carbocycles. The third-order valence-electron chi connectivity index (χ3n) is 9.76. The van der Waals surface area contributed by atoms with E-state index in [1.54, 1.807) is 0 Å². The minimum Gasteiger partial charge on any atom is -0.309 e. The Morgan fingerprint density at radius 2 is 0.889 bits per heavy atom. The van der Waals surface area contributed by atoms with E-state index in [1.807, 2.05) is 0 Å². The van der Waals surface area contributed by atoms with Crippen molar-refractivity contribution in [1.29, 1.82) is 0 Å². The maximum Gasteiger partial charge on any atom is 0.0561 e. The highest BCUT2D eigenvalue weighted by atomic mass is 15.0. The third-order valence-corrected chi connectivity index (χ3v) is 9.76. The van der Waals surface area contributed by atoms with Gasteiger partial charge in [0, 0.05) is 32.9 Å². The molecule has 0 N–H and O–H groups in total. The Hall–Kier alpha value is -5.86. The van der Waals surface area contributed by atoms with Gasteiger partial charge in [-0.25, -0.2) is 0 Å². The van der Waals surface area contributed by atoms with Gasteiger partial charge in [-0.3, -0.25) is 0 Å². The molecule has 0 amide bonds. The Morgan fingerprint density at radius 1 is 0.356 bits per heavy atom.